The Balaban J connectivity index is 1.90. The number of hydrogen-bond acceptors (Lipinski definition) is 3. The zero-order valence-electron chi connectivity index (χ0n) is 16.0. The summed E-state index contributed by atoms with van der Waals surface area (Å²) < 4.78 is 0. The van der Waals surface area contributed by atoms with Crippen LogP contribution >= 0.6 is 11.6 Å². The minimum atomic E-state index is -0.295. The van der Waals surface area contributed by atoms with E-state index in [4.69, 9.17) is 11.6 Å². The fourth-order valence-electron chi connectivity index (χ4n) is 3.42. The lowest BCUT2D eigenvalue weighted by Gasteiger charge is -2.19. The fraction of sp³-hybridized carbons (Fsp3) is 0.545. The lowest BCUT2D eigenvalue weighted by Crippen LogP contribution is -2.35. The van der Waals surface area contributed by atoms with Crippen molar-refractivity contribution < 1.29 is 4.79 Å². The van der Waals surface area contributed by atoms with E-state index >= 15 is 0 Å². The molecule has 5 heteroatoms. The first-order chi connectivity index (χ1) is 13.2. The maximum absolute atomic E-state index is 12.5. The molecule has 0 heterocycles. The molecule has 2 N–H and O–H groups in total. The highest BCUT2D eigenvalue weighted by atomic mass is 35.5. The molecular formula is C22H30ClN3O. The van der Waals surface area contributed by atoms with E-state index in [-0.39, 0.29) is 17.5 Å². The van der Waals surface area contributed by atoms with E-state index in [2.05, 4.69) is 10.6 Å². The van der Waals surface area contributed by atoms with Crippen molar-refractivity contribution in [1.82, 2.24) is 5.32 Å². The molecule has 0 unspecified atom stereocenters. The molecule has 1 aliphatic rings. The predicted octanol–water partition coefficient (Wildman–Crippen LogP) is 5.95. The minimum Gasteiger partial charge on any atom is -0.360 e. The van der Waals surface area contributed by atoms with Crippen LogP contribution in [-0.2, 0) is 4.79 Å². The molecular weight excluding hydrogens is 358 g/mol. The summed E-state index contributed by atoms with van der Waals surface area (Å²) >= 11 is 5.87. The number of amides is 1. The van der Waals surface area contributed by atoms with Crippen molar-refractivity contribution >= 4 is 23.2 Å². The van der Waals surface area contributed by atoms with Gasteiger partial charge in [0.15, 0.2) is 0 Å². The van der Waals surface area contributed by atoms with Crippen molar-refractivity contribution in [2.24, 2.45) is 0 Å². The zero-order chi connectivity index (χ0) is 19.3. The number of nitriles is 1. The van der Waals surface area contributed by atoms with Crippen molar-refractivity contribution in [3.8, 4) is 6.07 Å². The molecule has 1 aliphatic carbocycles. The Bertz CT molecular complexity index is 637. The monoisotopic (exact) mass is 387 g/mol. The van der Waals surface area contributed by atoms with Crippen molar-refractivity contribution in [3.05, 3.63) is 41.1 Å². The van der Waals surface area contributed by atoms with Crippen LogP contribution in [0.15, 0.2) is 36.0 Å². The summed E-state index contributed by atoms with van der Waals surface area (Å²) in [5.74, 6) is -0.295. The second kappa shape index (κ2) is 12.4. The van der Waals surface area contributed by atoms with E-state index in [1.165, 1.54) is 51.1 Å². The molecule has 4 nitrogen and oxygen atoms in total. The van der Waals surface area contributed by atoms with Crippen LogP contribution in [-0.4, -0.2) is 11.9 Å². The quantitative estimate of drug-likeness (QED) is 0.495. The molecule has 0 saturated heterocycles. The van der Waals surface area contributed by atoms with E-state index in [1.807, 2.05) is 6.07 Å². The number of carbonyl (C=O) groups excluding carboxylic acids is 1. The van der Waals surface area contributed by atoms with Gasteiger partial charge in [-0.2, -0.15) is 5.26 Å². The maximum atomic E-state index is 12.5. The van der Waals surface area contributed by atoms with Crippen molar-refractivity contribution in [1.29, 1.82) is 5.26 Å². The fourth-order valence-corrected chi connectivity index (χ4v) is 3.55. The summed E-state index contributed by atoms with van der Waals surface area (Å²) in [4.78, 5) is 12.5. The van der Waals surface area contributed by atoms with E-state index in [1.54, 1.807) is 24.3 Å². The molecule has 0 aliphatic heterocycles. The third-order valence-corrected chi connectivity index (χ3v) is 5.28. The second-order valence-corrected chi connectivity index (χ2v) is 7.69. The first kappa shape index (κ1) is 21.3. The van der Waals surface area contributed by atoms with Gasteiger partial charge in [-0.15, -0.1) is 0 Å². The number of rotatable bonds is 4. The molecule has 1 amide bonds. The smallest absolute Gasteiger partial charge is 0.263 e. The zero-order valence-corrected chi connectivity index (χ0v) is 16.7. The first-order valence-electron chi connectivity index (χ1n) is 10.1. The summed E-state index contributed by atoms with van der Waals surface area (Å²) in [7, 11) is 0. The molecule has 146 valence electrons. The molecule has 1 aromatic carbocycles. The van der Waals surface area contributed by atoms with E-state index in [0.29, 0.717) is 5.02 Å². The van der Waals surface area contributed by atoms with Crippen LogP contribution < -0.4 is 10.6 Å². The standard InChI is InChI=1S/C22H30ClN3O/c23-19-12-14-20(15-13-19)25-17-18(16-24)22(27)26-21-10-8-6-4-2-1-3-5-7-9-11-21/h12-15,17,21,25H,1-11H2,(H,26,27)/b18-17-. The van der Waals surface area contributed by atoms with E-state index in [0.717, 1.165) is 31.4 Å². The molecule has 27 heavy (non-hydrogen) atoms. The molecule has 1 aromatic rings. The van der Waals surface area contributed by atoms with Crippen LogP contribution in [0.5, 0.6) is 0 Å². The molecule has 0 bridgehead atoms. The number of benzene rings is 1. The summed E-state index contributed by atoms with van der Waals surface area (Å²) in [6.45, 7) is 0. The van der Waals surface area contributed by atoms with Crippen LogP contribution in [0.3, 0.4) is 0 Å². The Labute approximate surface area is 168 Å². The van der Waals surface area contributed by atoms with Gasteiger partial charge in [0.25, 0.3) is 5.91 Å². The second-order valence-electron chi connectivity index (χ2n) is 7.25. The van der Waals surface area contributed by atoms with Gasteiger partial charge in [-0.3, -0.25) is 4.79 Å². The largest absolute Gasteiger partial charge is 0.360 e. The summed E-state index contributed by atoms with van der Waals surface area (Å²) in [5.41, 5.74) is 0.877. The SMILES string of the molecule is N#C/C(=C/Nc1ccc(Cl)cc1)C(=O)NC1CCCCCCCCCCC1. The van der Waals surface area contributed by atoms with Crippen LogP contribution in [0.25, 0.3) is 0 Å². The molecule has 2 rings (SSSR count). The van der Waals surface area contributed by atoms with Crippen LogP contribution in [0.2, 0.25) is 5.02 Å². The van der Waals surface area contributed by atoms with Crippen LogP contribution in [0.4, 0.5) is 5.69 Å². The topological polar surface area (TPSA) is 64.9 Å². The van der Waals surface area contributed by atoms with Gasteiger partial charge in [0, 0.05) is 23.0 Å². The summed E-state index contributed by atoms with van der Waals surface area (Å²) in [6.07, 6.45) is 14.8. The van der Waals surface area contributed by atoms with E-state index in [9.17, 15) is 10.1 Å². The van der Waals surface area contributed by atoms with Gasteiger partial charge in [0.2, 0.25) is 0 Å². The summed E-state index contributed by atoms with van der Waals surface area (Å²) in [6, 6.07) is 9.28. The number of carbonyl (C=O) groups is 1. The maximum Gasteiger partial charge on any atom is 0.263 e. The average Bonchev–Trinajstić information content (AvgIpc) is 2.66. The van der Waals surface area contributed by atoms with Gasteiger partial charge in [0.1, 0.15) is 11.6 Å². The summed E-state index contributed by atoms with van der Waals surface area (Å²) in [5, 5.41) is 16.1. The van der Waals surface area contributed by atoms with Gasteiger partial charge < -0.3 is 10.6 Å². The molecule has 1 saturated carbocycles. The van der Waals surface area contributed by atoms with Gasteiger partial charge in [-0.1, -0.05) is 69.4 Å². The van der Waals surface area contributed by atoms with Gasteiger partial charge in [-0.05, 0) is 37.1 Å². The normalized spacial score (nSPS) is 17.9. The molecule has 1 fully saturated rings. The number of nitrogens with zero attached hydrogens (tertiary/aromatic N) is 1. The minimum absolute atomic E-state index is 0.0936. The molecule has 0 aromatic heterocycles. The Hall–Kier alpha value is -1.99. The van der Waals surface area contributed by atoms with Gasteiger partial charge >= 0.3 is 0 Å². The van der Waals surface area contributed by atoms with Crippen molar-refractivity contribution in [2.45, 2.75) is 76.7 Å². The van der Waals surface area contributed by atoms with Gasteiger partial charge in [-0.25, -0.2) is 0 Å². The lowest BCUT2D eigenvalue weighted by molar-refractivity contribution is -0.117. The number of anilines is 1. The number of nitrogens with one attached hydrogen (secondary N) is 2. The highest BCUT2D eigenvalue weighted by Crippen LogP contribution is 2.17. The van der Waals surface area contributed by atoms with Crippen molar-refractivity contribution in [2.75, 3.05) is 5.32 Å². The first-order valence-corrected chi connectivity index (χ1v) is 10.5. The lowest BCUT2D eigenvalue weighted by atomic mass is 9.98. The Morgan fingerprint density at radius 3 is 2.00 bits per heavy atom. The molecule has 0 radical (unpaired) electrons. The van der Waals surface area contributed by atoms with Crippen LogP contribution in [0, 0.1) is 11.3 Å². The molecule has 0 spiro atoms. The average molecular weight is 388 g/mol. The Kier molecular flexibility index (Phi) is 9.79. The highest BCUT2D eigenvalue weighted by Gasteiger charge is 2.16. The number of halogens is 1. The van der Waals surface area contributed by atoms with E-state index < -0.39 is 0 Å². The van der Waals surface area contributed by atoms with Gasteiger partial charge in [0.05, 0.1) is 0 Å². The van der Waals surface area contributed by atoms with Crippen LogP contribution in [0.1, 0.15) is 70.6 Å². The molecule has 0 atom stereocenters. The Morgan fingerprint density at radius 2 is 1.48 bits per heavy atom. The third-order valence-electron chi connectivity index (χ3n) is 5.03. The predicted molar refractivity (Wildman–Crippen MR) is 111 cm³/mol. The third kappa shape index (κ3) is 8.49. The highest BCUT2D eigenvalue weighted by molar-refractivity contribution is 6.30. The van der Waals surface area contributed by atoms with Crippen molar-refractivity contribution in [3.63, 3.8) is 0 Å². The number of hydrogen-bond donors (Lipinski definition) is 2. The Morgan fingerprint density at radius 1 is 0.963 bits per heavy atom.